The molecule has 0 bridgehead atoms. The smallest absolute Gasteiger partial charge is 0.168 e. The largest absolute Gasteiger partial charge is 0.493 e. The van der Waals surface area contributed by atoms with Gasteiger partial charge in [-0.25, -0.2) is 0 Å². The molecule has 1 aliphatic carbocycles. The maximum Gasteiger partial charge on any atom is 0.168 e. The Morgan fingerprint density at radius 3 is 2.33 bits per heavy atom. The van der Waals surface area contributed by atoms with Gasteiger partial charge < -0.3 is 23.8 Å². The van der Waals surface area contributed by atoms with Crippen LogP contribution in [0.5, 0.6) is 11.5 Å². The minimum Gasteiger partial charge on any atom is -0.493 e. The Bertz CT molecular complexity index is 641. The van der Waals surface area contributed by atoms with Gasteiger partial charge >= 0.3 is 0 Å². The second-order valence-electron chi connectivity index (χ2n) is 6.67. The Kier molecular flexibility index (Phi) is 3.89. The topological polar surface area (TPSA) is 58.5 Å². The van der Waals surface area contributed by atoms with Gasteiger partial charge in [0, 0.05) is 24.8 Å². The van der Waals surface area contributed by atoms with E-state index in [1.807, 2.05) is 18.2 Å². The third kappa shape index (κ3) is 2.63. The first-order chi connectivity index (χ1) is 11.7. The summed E-state index contributed by atoms with van der Waals surface area (Å²) in [6.07, 6.45) is 4.32. The van der Waals surface area contributed by atoms with Gasteiger partial charge in [0.2, 0.25) is 0 Å². The molecule has 1 saturated heterocycles. The number of rotatable bonds is 3. The second-order valence-corrected chi connectivity index (χ2v) is 6.67. The Labute approximate surface area is 141 Å². The Hall–Kier alpha value is -1.79. The van der Waals surface area contributed by atoms with Crippen molar-refractivity contribution in [1.29, 1.82) is 0 Å². The van der Waals surface area contributed by atoms with Gasteiger partial charge in [-0.15, -0.1) is 0 Å². The minimum atomic E-state index is -0.374. The predicted octanol–water partition coefficient (Wildman–Crippen LogP) is 2.88. The van der Waals surface area contributed by atoms with E-state index in [1.54, 1.807) is 14.2 Å². The van der Waals surface area contributed by atoms with Crippen LogP contribution in [0.1, 0.15) is 37.7 Å². The van der Waals surface area contributed by atoms with Crippen LogP contribution in [0.4, 0.5) is 0 Å². The molecular weight excluding hydrogens is 310 g/mol. The van der Waals surface area contributed by atoms with Crippen molar-refractivity contribution in [3.05, 3.63) is 23.8 Å². The molecular formula is C18H23NO5. The van der Waals surface area contributed by atoms with Crippen molar-refractivity contribution in [2.24, 2.45) is 5.16 Å². The summed E-state index contributed by atoms with van der Waals surface area (Å²) >= 11 is 0. The molecule has 0 atom stereocenters. The molecule has 0 unspecified atom stereocenters. The molecule has 6 nitrogen and oxygen atoms in total. The number of hydrogen-bond acceptors (Lipinski definition) is 6. The van der Waals surface area contributed by atoms with E-state index in [1.165, 1.54) is 0 Å². The van der Waals surface area contributed by atoms with Crippen LogP contribution in [0.15, 0.2) is 23.4 Å². The highest BCUT2D eigenvalue weighted by Gasteiger charge is 2.50. The lowest BCUT2D eigenvalue weighted by atomic mass is 9.78. The highest BCUT2D eigenvalue weighted by Crippen LogP contribution is 2.46. The van der Waals surface area contributed by atoms with Crippen LogP contribution in [0.2, 0.25) is 0 Å². The fraction of sp³-hybridized carbons (Fsp3) is 0.611. The molecule has 0 radical (unpaired) electrons. The van der Waals surface area contributed by atoms with Crippen molar-refractivity contribution in [3.63, 3.8) is 0 Å². The lowest BCUT2D eigenvalue weighted by molar-refractivity contribution is -0.206. The van der Waals surface area contributed by atoms with E-state index in [9.17, 15) is 0 Å². The number of benzene rings is 1. The molecule has 2 aliphatic heterocycles. The van der Waals surface area contributed by atoms with E-state index in [0.717, 1.165) is 43.4 Å². The molecule has 24 heavy (non-hydrogen) atoms. The molecule has 130 valence electrons. The molecule has 0 N–H and O–H groups in total. The lowest BCUT2D eigenvalue weighted by Crippen LogP contribution is -2.43. The molecule has 0 amide bonds. The highest BCUT2D eigenvalue weighted by molar-refractivity contribution is 6.02. The van der Waals surface area contributed by atoms with Crippen LogP contribution in [0, 0.1) is 0 Å². The maximum atomic E-state index is 5.89. The van der Waals surface area contributed by atoms with E-state index in [4.69, 9.17) is 23.8 Å². The van der Waals surface area contributed by atoms with Crippen molar-refractivity contribution < 1.29 is 23.8 Å². The Morgan fingerprint density at radius 2 is 1.67 bits per heavy atom. The van der Waals surface area contributed by atoms with E-state index in [2.05, 4.69) is 5.16 Å². The van der Waals surface area contributed by atoms with Gasteiger partial charge in [0.25, 0.3) is 0 Å². The number of oxime groups is 1. The molecule has 1 saturated carbocycles. The zero-order chi connectivity index (χ0) is 16.6. The third-order valence-corrected chi connectivity index (χ3v) is 5.29. The number of methoxy groups -OCH3 is 2. The summed E-state index contributed by atoms with van der Waals surface area (Å²) in [5.74, 6) is 1.04. The Balaban J connectivity index is 1.46. The van der Waals surface area contributed by atoms with Crippen molar-refractivity contribution in [1.82, 2.24) is 0 Å². The average Bonchev–Trinajstić information content (AvgIpc) is 3.25. The van der Waals surface area contributed by atoms with Gasteiger partial charge in [-0.3, -0.25) is 0 Å². The van der Waals surface area contributed by atoms with Gasteiger partial charge in [0.05, 0.1) is 33.1 Å². The number of ether oxygens (including phenoxy) is 4. The molecule has 6 heteroatoms. The highest BCUT2D eigenvalue weighted by atomic mass is 16.7. The molecule has 0 aromatic heterocycles. The SMILES string of the molecule is COc1ccc(C2=NOC3(CCC4(CC3)OCCO4)C2)cc1OC. The third-order valence-electron chi connectivity index (χ3n) is 5.29. The van der Waals surface area contributed by atoms with E-state index in [0.29, 0.717) is 24.7 Å². The van der Waals surface area contributed by atoms with Gasteiger partial charge in [-0.2, -0.15) is 0 Å². The first kappa shape index (κ1) is 15.7. The summed E-state index contributed by atoms with van der Waals surface area (Å²) in [4.78, 5) is 5.89. The minimum absolute atomic E-state index is 0.219. The average molecular weight is 333 g/mol. The fourth-order valence-corrected chi connectivity index (χ4v) is 3.83. The van der Waals surface area contributed by atoms with Crippen molar-refractivity contribution in [2.45, 2.75) is 43.5 Å². The van der Waals surface area contributed by atoms with E-state index < -0.39 is 0 Å². The van der Waals surface area contributed by atoms with Gasteiger partial charge in [-0.05, 0) is 31.0 Å². The van der Waals surface area contributed by atoms with Crippen LogP contribution >= 0.6 is 0 Å². The van der Waals surface area contributed by atoms with Gasteiger partial charge in [-0.1, -0.05) is 5.16 Å². The first-order valence-corrected chi connectivity index (χ1v) is 8.43. The van der Waals surface area contributed by atoms with Crippen LogP contribution in [0.3, 0.4) is 0 Å². The molecule has 3 aliphatic rings. The molecule has 2 spiro atoms. The van der Waals surface area contributed by atoms with Gasteiger partial charge in [0.15, 0.2) is 17.3 Å². The fourth-order valence-electron chi connectivity index (χ4n) is 3.83. The van der Waals surface area contributed by atoms with Gasteiger partial charge in [0.1, 0.15) is 5.60 Å². The summed E-state index contributed by atoms with van der Waals surface area (Å²) in [5, 5.41) is 4.37. The monoisotopic (exact) mass is 333 g/mol. The van der Waals surface area contributed by atoms with E-state index >= 15 is 0 Å². The van der Waals surface area contributed by atoms with Crippen LogP contribution < -0.4 is 9.47 Å². The summed E-state index contributed by atoms with van der Waals surface area (Å²) in [7, 11) is 3.27. The van der Waals surface area contributed by atoms with Crippen LogP contribution in [0.25, 0.3) is 0 Å². The maximum absolute atomic E-state index is 5.89. The summed E-state index contributed by atoms with van der Waals surface area (Å²) < 4.78 is 22.3. The predicted molar refractivity (Wildman–Crippen MR) is 87.6 cm³/mol. The van der Waals surface area contributed by atoms with Crippen molar-refractivity contribution in [2.75, 3.05) is 27.4 Å². The number of nitrogens with zero attached hydrogens (tertiary/aromatic N) is 1. The van der Waals surface area contributed by atoms with E-state index in [-0.39, 0.29) is 11.4 Å². The van der Waals surface area contributed by atoms with Crippen LogP contribution in [-0.4, -0.2) is 44.5 Å². The van der Waals surface area contributed by atoms with Crippen molar-refractivity contribution >= 4 is 5.71 Å². The zero-order valence-corrected chi connectivity index (χ0v) is 14.2. The van der Waals surface area contributed by atoms with Crippen LogP contribution in [-0.2, 0) is 14.3 Å². The molecule has 2 fully saturated rings. The molecule has 1 aromatic carbocycles. The second kappa shape index (κ2) is 5.93. The molecule has 2 heterocycles. The van der Waals surface area contributed by atoms with Crippen molar-refractivity contribution in [3.8, 4) is 11.5 Å². The quantitative estimate of drug-likeness (QED) is 0.851. The normalized spacial score (nSPS) is 24.0. The summed E-state index contributed by atoms with van der Waals surface area (Å²) in [6.45, 7) is 1.39. The molecule has 1 aromatic rings. The summed E-state index contributed by atoms with van der Waals surface area (Å²) in [5.41, 5.74) is 1.75. The lowest BCUT2D eigenvalue weighted by Gasteiger charge is -2.39. The first-order valence-electron chi connectivity index (χ1n) is 8.43. The summed E-state index contributed by atoms with van der Waals surface area (Å²) in [6, 6.07) is 5.85. The zero-order valence-electron chi connectivity index (χ0n) is 14.2. The standard InChI is InChI=1S/C18H23NO5/c1-20-15-4-3-13(11-16(15)21-2)14-12-17(24-19-14)5-7-18(8-6-17)22-9-10-23-18/h3-4,11H,5-10,12H2,1-2H3. The number of hydrogen-bond donors (Lipinski definition) is 0. The molecule has 4 rings (SSSR count). The Morgan fingerprint density at radius 1 is 0.958 bits per heavy atom.